The van der Waals surface area contributed by atoms with E-state index in [0.717, 1.165) is 24.3 Å². The number of carbonyl (C=O) groups is 1. The first-order valence-corrected chi connectivity index (χ1v) is 11.5. The molecule has 3 rings (SSSR count). The third-order valence-corrected chi connectivity index (χ3v) is 5.58. The summed E-state index contributed by atoms with van der Waals surface area (Å²) in [7, 11) is 0. The van der Waals surface area contributed by atoms with Crippen molar-refractivity contribution in [1.82, 2.24) is 15.3 Å². The molecule has 1 aromatic heterocycles. The number of amides is 1. The summed E-state index contributed by atoms with van der Waals surface area (Å²) in [6.45, 7) is 12.7. The lowest BCUT2D eigenvalue weighted by atomic mass is 9.99. The number of benzene rings is 1. The number of likely N-dealkylation sites (N-methyl/N-ethyl adjacent to an activating group) is 1. The van der Waals surface area contributed by atoms with E-state index >= 15 is 0 Å². The molecule has 174 valence electrons. The molecule has 0 bridgehead atoms. The van der Waals surface area contributed by atoms with E-state index in [2.05, 4.69) is 41.0 Å². The van der Waals surface area contributed by atoms with E-state index in [1.807, 2.05) is 38.1 Å². The van der Waals surface area contributed by atoms with Crippen molar-refractivity contribution in [3.8, 4) is 11.6 Å². The van der Waals surface area contributed by atoms with E-state index in [1.165, 1.54) is 6.33 Å². The fourth-order valence-corrected chi connectivity index (χ4v) is 3.75. The second-order valence-electron chi connectivity index (χ2n) is 9.33. The number of halogens is 1. The average Bonchev–Trinajstić information content (AvgIpc) is 3.21. The van der Waals surface area contributed by atoms with Crippen LogP contribution in [0.5, 0.6) is 11.6 Å². The van der Waals surface area contributed by atoms with Crippen LogP contribution in [-0.4, -0.2) is 48.2 Å². The Morgan fingerprint density at radius 2 is 2.00 bits per heavy atom. The fraction of sp³-hybridized carbons (Fsp3) is 0.542. The predicted molar refractivity (Wildman–Crippen MR) is 127 cm³/mol. The molecule has 1 N–H and O–H groups in total. The van der Waals surface area contributed by atoms with Gasteiger partial charge in [-0.2, -0.15) is 0 Å². The number of hydrogen-bond donors (Lipinski definition) is 1. The predicted octanol–water partition coefficient (Wildman–Crippen LogP) is 4.45. The van der Waals surface area contributed by atoms with E-state index in [9.17, 15) is 4.79 Å². The molecular formula is C24H33ClN4O3. The van der Waals surface area contributed by atoms with Crippen LogP contribution >= 0.6 is 11.6 Å². The maximum Gasteiger partial charge on any atom is 0.237 e. The second kappa shape index (κ2) is 10.4. The van der Waals surface area contributed by atoms with Gasteiger partial charge in [-0.05, 0) is 37.0 Å². The number of nitrogens with one attached hydrogen (secondary N) is 1. The van der Waals surface area contributed by atoms with Gasteiger partial charge in [-0.1, -0.05) is 44.5 Å². The van der Waals surface area contributed by atoms with E-state index in [-0.39, 0.29) is 23.3 Å². The Balaban J connectivity index is 1.60. The molecule has 32 heavy (non-hydrogen) atoms. The van der Waals surface area contributed by atoms with Crippen molar-refractivity contribution < 1.29 is 14.3 Å². The Labute approximate surface area is 195 Å². The van der Waals surface area contributed by atoms with Crippen molar-refractivity contribution >= 4 is 23.3 Å². The highest BCUT2D eigenvalue weighted by Crippen LogP contribution is 2.34. The molecule has 7 nitrogen and oxygen atoms in total. The summed E-state index contributed by atoms with van der Waals surface area (Å²) in [5, 5.41) is 3.29. The van der Waals surface area contributed by atoms with Gasteiger partial charge in [0.25, 0.3) is 0 Å². The lowest BCUT2D eigenvalue weighted by molar-refractivity contribution is -0.122. The molecule has 0 radical (unpaired) electrons. The van der Waals surface area contributed by atoms with Crippen LogP contribution < -0.4 is 19.7 Å². The Hall–Kier alpha value is -2.54. The largest absolute Gasteiger partial charge is 0.489 e. The summed E-state index contributed by atoms with van der Waals surface area (Å²) in [6.07, 6.45) is 2.36. The molecule has 1 aliphatic rings. The van der Waals surface area contributed by atoms with Crippen molar-refractivity contribution in [2.75, 3.05) is 31.1 Å². The van der Waals surface area contributed by atoms with Gasteiger partial charge >= 0.3 is 0 Å². The summed E-state index contributed by atoms with van der Waals surface area (Å²) < 4.78 is 12.0. The van der Waals surface area contributed by atoms with Crippen molar-refractivity contribution in [2.24, 2.45) is 5.41 Å². The molecule has 1 aliphatic heterocycles. The summed E-state index contributed by atoms with van der Waals surface area (Å²) in [5.74, 6) is 1.70. The first kappa shape index (κ1) is 24.1. The molecule has 2 aromatic rings. The van der Waals surface area contributed by atoms with Crippen LogP contribution in [0, 0.1) is 5.41 Å². The summed E-state index contributed by atoms with van der Waals surface area (Å²) in [6, 6.07) is 7.73. The molecule has 1 saturated heterocycles. The van der Waals surface area contributed by atoms with Gasteiger partial charge in [0, 0.05) is 19.5 Å². The minimum atomic E-state index is -0.194. The topological polar surface area (TPSA) is 76.6 Å². The molecular weight excluding hydrogens is 428 g/mol. The van der Waals surface area contributed by atoms with Gasteiger partial charge in [0.2, 0.25) is 11.8 Å². The standard InChI is InChI=1S/C24H33ClN4O3/c1-6-26-22(30)16(2)17-7-9-18(10-8-17)32-19-11-12-29(13-19)21-20(25)23(28-15-27-21)31-14-24(3,4)5/h7-10,15-16,19H,6,11-14H2,1-5H3,(H,26,30)/t16?,19-/m1/s1. The molecule has 1 unspecified atom stereocenters. The van der Waals surface area contributed by atoms with Crippen LogP contribution in [0.4, 0.5) is 5.82 Å². The van der Waals surface area contributed by atoms with Crippen LogP contribution in [-0.2, 0) is 4.79 Å². The van der Waals surface area contributed by atoms with Gasteiger partial charge < -0.3 is 19.7 Å². The van der Waals surface area contributed by atoms with Gasteiger partial charge in [0.1, 0.15) is 23.2 Å². The fourth-order valence-electron chi connectivity index (χ4n) is 3.47. The van der Waals surface area contributed by atoms with Gasteiger partial charge in [-0.3, -0.25) is 4.79 Å². The van der Waals surface area contributed by atoms with Gasteiger partial charge in [0.15, 0.2) is 5.82 Å². The van der Waals surface area contributed by atoms with E-state index in [0.29, 0.717) is 36.4 Å². The smallest absolute Gasteiger partial charge is 0.237 e. The maximum atomic E-state index is 12.0. The molecule has 1 amide bonds. The third-order valence-electron chi connectivity index (χ3n) is 5.25. The molecule has 1 aromatic carbocycles. The Bertz CT molecular complexity index is 914. The zero-order valence-corrected chi connectivity index (χ0v) is 20.3. The molecule has 1 fully saturated rings. The zero-order chi connectivity index (χ0) is 23.3. The molecule has 0 saturated carbocycles. The lowest BCUT2D eigenvalue weighted by Gasteiger charge is -2.22. The molecule has 0 spiro atoms. The SMILES string of the molecule is CCNC(=O)C(C)c1ccc(O[C@@H]2CCN(c3ncnc(OCC(C)(C)C)c3Cl)C2)cc1. The molecule has 0 aliphatic carbocycles. The van der Waals surface area contributed by atoms with E-state index in [1.54, 1.807) is 0 Å². The van der Waals surface area contributed by atoms with Crippen molar-refractivity contribution in [3.05, 3.63) is 41.2 Å². The highest BCUT2D eigenvalue weighted by Gasteiger charge is 2.28. The van der Waals surface area contributed by atoms with Crippen LogP contribution in [0.15, 0.2) is 30.6 Å². The number of hydrogen-bond acceptors (Lipinski definition) is 6. The van der Waals surface area contributed by atoms with Crippen molar-refractivity contribution in [3.63, 3.8) is 0 Å². The van der Waals surface area contributed by atoms with Crippen LogP contribution in [0.25, 0.3) is 0 Å². The first-order valence-electron chi connectivity index (χ1n) is 11.1. The monoisotopic (exact) mass is 460 g/mol. The van der Waals surface area contributed by atoms with E-state index in [4.69, 9.17) is 21.1 Å². The van der Waals surface area contributed by atoms with Crippen molar-refractivity contribution in [1.29, 1.82) is 0 Å². The molecule has 2 atom stereocenters. The van der Waals surface area contributed by atoms with Gasteiger partial charge in [-0.15, -0.1) is 0 Å². The molecule has 8 heteroatoms. The van der Waals surface area contributed by atoms with Crippen LogP contribution in [0.1, 0.15) is 52.5 Å². The minimum Gasteiger partial charge on any atom is -0.489 e. The average molecular weight is 461 g/mol. The number of rotatable bonds is 8. The first-order chi connectivity index (χ1) is 15.2. The zero-order valence-electron chi connectivity index (χ0n) is 19.5. The second-order valence-corrected chi connectivity index (χ2v) is 9.70. The van der Waals surface area contributed by atoms with Gasteiger partial charge in [0.05, 0.1) is 19.1 Å². The number of anilines is 1. The summed E-state index contributed by atoms with van der Waals surface area (Å²) >= 11 is 6.56. The quantitative estimate of drug-likeness (QED) is 0.627. The highest BCUT2D eigenvalue weighted by molar-refractivity contribution is 6.34. The normalized spacial score (nSPS) is 17.2. The van der Waals surface area contributed by atoms with E-state index < -0.39 is 0 Å². The lowest BCUT2D eigenvalue weighted by Crippen LogP contribution is -2.27. The Morgan fingerprint density at radius 3 is 2.66 bits per heavy atom. The maximum absolute atomic E-state index is 12.0. The Morgan fingerprint density at radius 1 is 1.28 bits per heavy atom. The number of nitrogens with zero attached hydrogens (tertiary/aromatic N) is 3. The third kappa shape index (κ3) is 6.25. The number of carbonyl (C=O) groups excluding carboxylic acids is 1. The Kier molecular flexibility index (Phi) is 7.82. The highest BCUT2D eigenvalue weighted by atomic mass is 35.5. The van der Waals surface area contributed by atoms with Crippen LogP contribution in [0.2, 0.25) is 5.02 Å². The van der Waals surface area contributed by atoms with Crippen molar-refractivity contribution in [2.45, 2.75) is 53.1 Å². The minimum absolute atomic E-state index is 0.00810. The number of aromatic nitrogens is 2. The molecule has 2 heterocycles. The number of ether oxygens (including phenoxy) is 2. The van der Waals surface area contributed by atoms with Gasteiger partial charge in [-0.25, -0.2) is 9.97 Å². The van der Waals surface area contributed by atoms with Crippen LogP contribution in [0.3, 0.4) is 0 Å². The summed E-state index contributed by atoms with van der Waals surface area (Å²) in [5.41, 5.74) is 0.973. The summed E-state index contributed by atoms with van der Waals surface area (Å²) in [4.78, 5) is 22.7.